The molecular formula is C18H25N3O4. The number of ether oxygens (including phenoxy) is 2. The number of benzene rings is 1. The van der Waals surface area contributed by atoms with E-state index < -0.39 is 0 Å². The Labute approximate surface area is 147 Å². The van der Waals surface area contributed by atoms with Crippen molar-refractivity contribution in [3.8, 4) is 11.5 Å². The van der Waals surface area contributed by atoms with Gasteiger partial charge in [-0.05, 0) is 44.5 Å². The van der Waals surface area contributed by atoms with Gasteiger partial charge in [0.15, 0.2) is 11.5 Å². The first-order valence-electron chi connectivity index (χ1n) is 8.68. The Morgan fingerprint density at radius 1 is 1.16 bits per heavy atom. The number of fused-ring (bicyclic) bond motifs is 1. The average molecular weight is 347 g/mol. The fourth-order valence-corrected chi connectivity index (χ4v) is 2.75. The molecule has 2 N–H and O–H groups in total. The minimum atomic E-state index is -0.156. The summed E-state index contributed by atoms with van der Waals surface area (Å²) in [6, 6.07) is 5.86. The zero-order chi connectivity index (χ0) is 17.8. The maximum atomic E-state index is 12.2. The molecule has 25 heavy (non-hydrogen) atoms. The van der Waals surface area contributed by atoms with Gasteiger partial charge >= 0.3 is 0 Å². The first kappa shape index (κ1) is 17.5. The fourth-order valence-electron chi connectivity index (χ4n) is 2.75. The van der Waals surface area contributed by atoms with E-state index in [0.29, 0.717) is 25.0 Å². The Hall–Kier alpha value is -2.28. The second-order valence-corrected chi connectivity index (χ2v) is 6.71. The van der Waals surface area contributed by atoms with Gasteiger partial charge in [0.05, 0.1) is 19.1 Å². The minimum Gasteiger partial charge on any atom is -0.486 e. The SMILES string of the molecule is C[C@H](NC(=O)CN(C)CC(=O)NC1CC1)c1ccc2c(c1)OCCO2. The number of likely N-dealkylation sites (N-methyl/N-ethyl adjacent to an activating group) is 1. The lowest BCUT2D eigenvalue weighted by molar-refractivity contribution is -0.125. The van der Waals surface area contributed by atoms with Crippen LogP contribution in [0.3, 0.4) is 0 Å². The van der Waals surface area contributed by atoms with Crippen LogP contribution in [-0.4, -0.2) is 56.1 Å². The Morgan fingerprint density at radius 3 is 2.56 bits per heavy atom. The summed E-state index contributed by atoms with van der Waals surface area (Å²) in [5.74, 6) is 1.29. The van der Waals surface area contributed by atoms with Gasteiger partial charge in [0.1, 0.15) is 13.2 Å². The molecule has 0 spiro atoms. The predicted molar refractivity (Wildman–Crippen MR) is 92.7 cm³/mol. The molecule has 2 amide bonds. The Bertz CT molecular complexity index is 645. The van der Waals surface area contributed by atoms with Crippen LogP contribution in [0.5, 0.6) is 11.5 Å². The maximum Gasteiger partial charge on any atom is 0.234 e. The van der Waals surface area contributed by atoms with E-state index >= 15 is 0 Å². The van der Waals surface area contributed by atoms with Gasteiger partial charge in [0, 0.05) is 6.04 Å². The molecule has 1 atom stereocenters. The van der Waals surface area contributed by atoms with Gasteiger partial charge < -0.3 is 20.1 Å². The van der Waals surface area contributed by atoms with Gasteiger partial charge in [-0.1, -0.05) is 6.07 Å². The van der Waals surface area contributed by atoms with Gasteiger partial charge in [0.25, 0.3) is 0 Å². The molecule has 0 radical (unpaired) electrons. The summed E-state index contributed by atoms with van der Waals surface area (Å²) in [6.45, 7) is 3.41. The standard InChI is InChI=1S/C18H25N3O4/c1-12(13-3-6-15-16(9-13)25-8-7-24-15)19-17(22)10-21(2)11-18(23)20-14-4-5-14/h3,6,9,12,14H,4-5,7-8,10-11H2,1-2H3,(H,19,22)(H,20,23)/t12-/m0/s1. The quantitative estimate of drug-likeness (QED) is 0.764. The minimum absolute atomic E-state index is 0.0299. The highest BCUT2D eigenvalue weighted by Crippen LogP contribution is 2.32. The molecule has 1 aromatic carbocycles. The molecule has 7 heteroatoms. The third-order valence-corrected chi connectivity index (χ3v) is 4.21. The van der Waals surface area contributed by atoms with Crippen LogP contribution < -0.4 is 20.1 Å². The fraction of sp³-hybridized carbons (Fsp3) is 0.556. The largest absolute Gasteiger partial charge is 0.486 e. The molecule has 1 saturated carbocycles. The van der Waals surface area contributed by atoms with Crippen LogP contribution in [0.15, 0.2) is 18.2 Å². The molecule has 1 aliphatic carbocycles. The molecule has 136 valence electrons. The molecule has 1 heterocycles. The summed E-state index contributed by atoms with van der Waals surface area (Å²) < 4.78 is 11.1. The van der Waals surface area contributed by atoms with E-state index in [4.69, 9.17) is 9.47 Å². The van der Waals surface area contributed by atoms with Crippen LogP contribution in [0, 0.1) is 0 Å². The molecule has 2 aliphatic rings. The van der Waals surface area contributed by atoms with Crippen LogP contribution in [0.2, 0.25) is 0 Å². The second kappa shape index (κ2) is 7.74. The van der Waals surface area contributed by atoms with Crippen molar-refractivity contribution in [1.29, 1.82) is 0 Å². The zero-order valence-corrected chi connectivity index (χ0v) is 14.7. The van der Waals surface area contributed by atoms with Crippen molar-refractivity contribution in [3.63, 3.8) is 0 Å². The molecule has 0 saturated heterocycles. The normalized spacial score (nSPS) is 17.1. The predicted octanol–water partition coefficient (Wildman–Crippen LogP) is 0.845. The van der Waals surface area contributed by atoms with E-state index in [2.05, 4.69) is 10.6 Å². The van der Waals surface area contributed by atoms with Gasteiger partial charge in [0.2, 0.25) is 11.8 Å². The Balaban J connectivity index is 1.47. The number of nitrogens with one attached hydrogen (secondary N) is 2. The third kappa shape index (κ3) is 5.09. The van der Waals surface area contributed by atoms with Crippen molar-refractivity contribution >= 4 is 11.8 Å². The van der Waals surface area contributed by atoms with Crippen molar-refractivity contribution in [2.45, 2.75) is 31.8 Å². The molecule has 0 unspecified atom stereocenters. The molecule has 1 aliphatic heterocycles. The van der Waals surface area contributed by atoms with Crippen LogP contribution in [0.25, 0.3) is 0 Å². The van der Waals surface area contributed by atoms with Gasteiger partial charge in [-0.2, -0.15) is 0 Å². The lowest BCUT2D eigenvalue weighted by Crippen LogP contribution is -2.41. The van der Waals surface area contributed by atoms with Gasteiger partial charge in [-0.3, -0.25) is 14.5 Å². The van der Waals surface area contributed by atoms with E-state index in [-0.39, 0.29) is 30.9 Å². The highest BCUT2D eigenvalue weighted by molar-refractivity contribution is 5.81. The van der Waals surface area contributed by atoms with Crippen LogP contribution in [-0.2, 0) is 9.59 Å². The first-order chi connectivity index (χ1) is 12.0. The van der Waals surface area contributed by atoms with Crippen LogP contribution in [0.4, 0.5) is 0 Å². The van der Waals surface area contributed by atoms with E-state index in [0.717, 1.165) is 24.2 Å². The highest BCUT2D eigenvalue weighted by Gasteiger charge is 2.24. The smallest absolute Gasteiger partial charge is 0.234 e. The topological polar surface area (TPSA) is 79.9 Å². The number of amides is 2. The van der Waals surface area contributed by atoms with Crippen LogP contribution >= 0.6 is 0 Å². The van der Waals surface area contributed by atoms with Crippen molar-refractivity contribution in [3.05, 3.63) is 23.8 Å². The Morgan fingerprint density at radius 2 is 1.84 bits per heavy atom. The zero-order valence-electron chi connectivity index (χ0n) is 14.7. The molecule has 3 rings (SSSR count). The number of nitrogens with zero attached hydrogens (tertiary/aromatic N) is 1. The summed E-state index contributed by atoms with van der Waals surface area (Å²) >= 11 is 0. The molecule has 1 aromatic rings. The van der Waals surface area contributed by atoms with Crippen molar-refractivity contribution < 1.29 is 19.1 Å². The Kier molecular flexibility index (Phi) is 5.43. The molecule has 1 fully saturated rings. The maximum absolute atomic E-state index is 12.2. The molecule has 0 bridgehead atoms. The van der Waals surface area contributed by atoms with E-state index in [1.165, 1.54) is 0 Å². The number of carbonyl (C=O) groups is 2. The van der Waals surface area contributed by atoms with Crippen molar-refractivity contribution in [2.75, 3.05) is 33.4 Å². The molecule has 0 aromatic heterocycles. The summed E-state index contributed by atoms with van der Waals surface area (Å²) in [5.41, 5.74) is 0.951. The lowest BCUT2D eigenvalue weighted by Gasteiger charge is -2.22. The van der Waals surface area contributed by atoms with Crippen molar-refractivity contribution in [1.82, 2.24) is 15.5 Å². The molecular weight excluding hydrogens is 322 g/mol. The van der Waals surface area contributed by atoms with Crippen molar-refractivity contribution in [2.24, 2.45) is 0 Å². The molecule has 7 nitrogen and oxygen atoms in total. The number of rotatable bonds is 7. The summed E-state index contributed by atoms with van der Waals surface area (Å²) in [7, 11) is 1.76. The van der Waals surface area contributed by atoms with Gasteiger partial charge in [-0.15, -0.1) is 0 Å². The van der Waals surface area contributed by atoms with E-state index in [9.17, 15) is 9.59 Å². The highest BCUT2D eigenvalue weighted by atomic mass is 16.6. The van der Waals surface area contributed by atoms with E-state index in [1.807, 2.05) is 25.1 Å². The van der Waals surface area contributed by atoms with E-state index in [1.54, 1.807) is 11.9 Å². The summed E-state index contributed by atoms with van der Waals surface area (Å²) in [6.07, 6.45) is 2.12. The lowest BCUT2D eigenvalue weighted by atomic mass is 10.1. The second-order valence-electron chi connectivity index (χ2n) is 6.71. The number of carbonyl (C=O) groups excluding carboxylic acids is 2. The summed E-state index contributed by atoms with van der Waals surface area (Å²) in [4.78, 5) is 25.7. The third-order valence-electron chi connectivity index (χ3n) is 4.21. The first-order valence-corrected chi connectivity index (χ1v) is 8.68. The number of hydrogen-bond donors (Lipinski definition) is 2. The van der Waals surface area contributed by atoms with Gasteiger partial charge in [-0.25, -0.2) is 0 Å². The summed E-state index contributed by atoms with van der Waals surface area (Å²) in [5, 5.41) is 5.87. The average Bonchev–Trinajstić information content (AvgIpc) is 3.37. The monoisotopic (exact) mass is 347 g/mol. The number of hydrogen-bond acceptors (Lipinski definition) is 5. The van der Waals surface area contributed by atoms with Crippen LogP contribution in [0.1, 0.15) is 31.4 Å².